The third-order valence-electron chi connectivity index (χ3n) is 19.8. The summed E-state index contributed by atoms with van der Waals surface area (Å²) >= 11 is 8.47. The van der Waals surface area contributed by atoms with Crippen molar-refractivity contribution >= 4 is 147 Å². The van der Waals surface area contributed by atoms with Gasteiger partial charge < -0.3 is 123 Å². The Bertz CT molecular complexity index is 4720. The second-order valence-electron chi connectivity index (χ2n) is 30.1. The molecule has 6 rings (SSSR count). The van der Waals surface area contributed by atoms with Gasteiger partial charge in [-0.05, 0) is 105 Å². The lowest BCUT2D eigenvalue weighted by Crippen LogP contribution is -2.63. The number of carbonyl (C=O) groups excluding carboxylic acids is 17. The molecule has 0 spiro atoms. The van der Waals surface area contributed by atoms with Crippen LogP contribution in [0.15, 0.2) is 116 Å². The number of H-pyrrole nitrogens is 2. The first-order valence-electron chi connectivity index (χ1n) is 40.1. The summed E-state index contributed by atoms with van der Waals surface area (Å²) in [6.07, 6.45) is -2.48. The number of thiol groups is 2. The largest absolute Gasteiger partial charge is 0.508 e. The highest BCUT2D eigenvalue weighted by atomic mass is 32.1. The smallest absolute Gasteiger partial charge is 0.245 e. The summed E-state index contributed by atoms with van der Waals surface area (Å²) < 4.78 is 0. The minimum Gasteiger partial charge on any atom is -0.508 e. The zero-order chi connectivity index (χ0) is 91.4. The van der Waals surface area contributed by atoms with Crippen molar-refractivity contribution in [2.24, 2.45) is 28.9 Å². The molecule has 0 saturated carbocycles. The molecule has 0 fully saturated rings. The summed E-state index contributed by atoms with van der Waals surface area (Å²) in [5.74, 6) is -17.8. The van der Waals surface area contributed by atoms with Crippen molar-refractivity contribution in [2.75, 3.05) is 31.1 Å². The van der Waals surface area contributed by atoms with Crippen molar-refractivity contribution in [2.45, 2.75) is 196 Å². The third kappa shape index (κ3) is 32.3. The molecule has 27 N–H and O–H groups in total. The van der Waals surface area contributed by atoms with Gasteiger partial charge in [-0.3, -0.25) is 81.5 Å². The van der Waals surface area contributed by atoms with E-state index in [0.29, 0.717) is 63.4 Å². The summed E-state index contributed by atoms with van der Waals surface area (Å²) in [6, 6.07) is 8.45. The van der Waals surface area contributed by atoms with E-state index in [-0.39, 0.29) is 50.2 Å². The number of aromatic nitrogens is 2. The maximum absolute atomic E-state index is 15.2. The van der Waals surface area contributed by atoms with Crippen LogP contribution < -0.4 is 97.4 Å². The summed E-state index contributed by atoms with van der Waals surface area (Å²) in [7, 11) is 0. The Hall–Kier alpha value is -12.7. The van der Waals surface area contributed by atoms with Crippen molar-refractivity contribution in [3.63, 3.8) is 0 Å². The van der Waals surface area contributed by atoms with E-state index in [2.05, 4.69) is 110 Å². The first-order valence-corrected chi connectivity index (χ1v) is 41.4. The lowest BCUT2D eigenvalue weighted by atomic mass is 9.99. The van der Waals surface area contributed by atoms with Gasteiger partial charge in [0.05, 0.1) is 18.8 Å². The molecule has 0 radical (unpaired) electrons. The number of phenols is 1. The molecule has 0 bridgehead atoms. The molecule has 17 amide bonds. The number of hydrogen-bond donors (Lipinski definition) is 25. The van der Waals surface area contributed by atoms with Gasteiger partial charge in [0.1, 0.15) is 78.3 Å². The van der Waals surface area contributed by atoms with E-state index in [4.69, 9.17) is 22.9 Å². The van der Waals surface area contributed by atoms with Gasteiger partial charge in [-0.1, -0.05) is 92.7 Å². The molecule has 0 unspecified atom stereocenters. The molecule has 124 heavy (non-hydrogen) atoms. The molecule has 0 aliphatic rings. The molecular formula is C82H112N20O20S2. The SMILES string of the molecule is CC(=O)N[C@@H](CS)C(=O)N[C@@H](CCC(N)=O)C(=O)N[C@H](C(=O)N[C@@H](Cc1c[nH]c2ccccc12)C(=O)N[C@@H](CCC(N)=O)C(=O)N[C@@H](CS)C(=O)N[C@@H](Cc1ccc(O)cc1)C(=O)N[C@@H](Cc1c[nH]c2ccccc12)C(=O)N[C@@H](C(=O)N[C@H](C(=O)N[C@@H](Cc1ccccc1)C(=O)NCC(=O)NCCC(=O)N[C@H](CCCCN)C(N)=O)C(C)C)[C@H](C)O)[C@@H](C)O. The van der Waals surface area contributed by atoms with Crippen LogP contribution in [-0.4, -0.2) is 242 Å². The predicted octanol–water partition coefficient (Wildman–Crippen LogP) is -4.49. The average molecular weight is 1760 g/mol. The summed E-state index contributed by atoms with van der Waals surface area (Å²) in [6.45, 7) is 6.11. The predicted molar refractivity (Wildman–Crippen MR) is 460 cm³/mol. The fourth-order valence-corrected chi connectivity index (χ4v) is 13.5. The second kappa shape index (κ2) is 50.0. The van der Waals surface area contributed by atoms with Crippen LogP contribution in [0.4, 0.5) is 0 Å². The van der Waals surface area contributed by atoms with Crippen molar-refractivity contribution in [1.29, 1.82) is 0 Å². The molecule has 42 heteroatoms. The number of aromatic hydroxyl groups is 1. The maximum atomic E-state index is 15.2. The van der Waals surface area contributed by atoms with Crippen LogP contribution in [-0.2, 0) is 107 Å². The van der Waals surface area contributed by atoms with Crippen LogP contribution in [0.25, 0.3) is 21.8 Å². The van der Waals surface area contributed by atoms with Crippen LogP contribution in [0.5, 0.6) is 5.75 Å². The van der Waals surface area contributed by atoms with Gasteiger partial charge in [-0.2, -0.15) is 25.3 Å². The monoisotopic (exact) mass is 1760 g/mol. The number of fused-ring (bicyclic) bond motifs is 2. The molecule has 14 atom stereocenters. The molecule has 0 saturated heterocycles. The number of aliphatic hydroxyl groups is 2. The molecule has 40 nitrogen and oxygen atoms in total. The first kappa shape index (κ1) is 100. The van der Waals surface area contributed by atoms with Crippen molar-refractivity contribution in [3.8, 4) is 5.75 Å². The van der Waals surface area contributed by atoms with Crippen LogP contribution in [0.1, 0.15) is 108 Å². The molecule has 2 heterocycles. The lowest BCUT2D eigenvalue weighted by molar-refractivity contribution is -0.137. The Balaban J connectivity index is 1.24. The number of nitrogens with one attached hydrogen (secondary N) is 16. The minimum absolute atomic E-state index is 0.126. The van der Waals surface area contributed by atoms with Gasteiger partial charge in [0.25, 0.3) is 0 Å². The van der Waals surface area contributed by atoms with Gasteiger partial charge in [0, 0.05) is 104 Å². The quantitative estimate of drug-likeness (QED) is 0.0126. The summed E-state index contributed by atoms with van der Waals surface area (Å²) in [5, 5.41) is 69.0. The Labute approximate surface area is 725 Å². The molecule has 2 aromatic heterocycles. The number of primary amides is 3. The lowest BCUT2D eigenvalue weighted by Gasteiger charge is -2.29. The third-order valence-corrected chi connectivity index (χ3v) is 20.5. The normalized spacial score (nSPS) is 14.6. The standard InChI is InChI=1S/C82H112N20O20S2/c1-42(2)68(80(120)97-58(33-46-15-7-6-8-16-46)72(112)90-39-67(110)87-32-30-66(109)92-55(71(86)111)21-13-14-31-83)100-82(122)70(44(4)104)102-77(117)61(36-49-38-89-54-20-12-10-18-52(49)54)96-75(115)59(34-47-22-24-50(106)25-23-47)95-79(119)63(41-124)99-73(113)56(26-28-64(84)107)93-76(116)60(35-48-37-88-53-19-11-9-17-51(48)53)98-81(121)69(43(3)103)101-74(114)57(27-29-65(85)108)94-78(118)62(40-123)91-45(5)105/h6-12,15-20,22-25,37-38,42-44,55-63,68-70,88-89,103-104,106,123-124H,13-14,21,26-36,39-41,83H2,1-5H3,(H2,84,107)(H2,85,108)(H2,86,111)(H,87,110)(H,90,112)(H,91,105)(H,92,109)(H,93,116)(H,94,118)(H,95,119)(H,96,115)(H,97,120)(H,98,121)(H,99,113)(H,100,122)(H,101,114)(H,102,117)/t43-,44+,55-,56+,57+,58+,59+,60+,61+,62+,63+,68+,69+,70-/m1/s1. The number of nitrogens with two attached hydrogens (primary N) is 4. The molecule has 672 valence electrons. The van der Waals surface area contributed by atoms with Crippen LogP contribution >= 0.6 is 25.3 Å². The van der Waals surface area contributed by atoms with Gasteiger partial charge >= 0.3 is 0 Å². The Morgan fingerprint density at radius 2 is 0.774 bits per heavy atom. The molecule has 4 aromatic carbocycles. The van der Waals surface area contributed by atoms with Crippen molar-refractivity contribution in [1.82, 2.24) is 84.4 Å². The highest BCUT2D eigenvalue weighted by Gasteiger charge is 2.40. The fourth-order valence-electron chi connectivity index (χ4n) is 13.0. The highest BCUT2D eigenvalue weighted by molar-refractivity contribution is 7.80. The van der Waals surface area contributed by atoms with E-state index in [9.17, 15) is 87.2 Å². The number of para-hydroxylation sites is 2. The van der Waals surface area contributed by atoms with E-state index in [0.717, 1.165) is 20.8 Å². The first-order chi connectivity index (χ1) is 58.9. The zero-order valence-corrected chi connectivity index (χ0v) is 70.9. The average Bonchev–Trinajstić information content (AvgIpc) is 1.66. The van der Waals surface area contributed by atoms with Crippen LogP contribution in [0.3, 0.4) is 0 Å². The number of carbonyl (C=O) groups is 17. The molecule has 0 aliphatic heterocycles. The van der Waals surface area contributed by atoms with E-state index >= 15 is 9.59 Å². The van der Waals surface area contributed by atoms with Crippen molar-refractivity contribution in [3.05, 3.63) is 138 Å². The Kier molecular flexibility index (Phi) is 40.4. The number of rotatable bonds is 52. The Morgan fingerprint density at radius 1 is 0.387 bits per heavy atom. The highest BCUT2D eigenvalue weighted by Crippen LogP contribution is 2.23. The number of benzene rings is 4. The van der Waals surface area contributed by atoms with E-state index in [1.54, 1.807) is 98.9 Å². The Morgan fingerprint density at radius 3 is 1.23 bits per heavy atom. The summed E-state index contributed by atoms with van der Waals surface area (Å²) in [4.78, 5) is 240. The number of aromatic amines is 2. The van der Waals surface area contributed by atoms with E-state index in [1.165, 1.54) is 30.5 Å². The number of amides is 17. The number of hydrogen-bond acceptors (Lipinski definition) is 23. The zero-order valence-electron chi connectivity index (χ0n) is 69.1. The van der Waals surface area contributed by atoms with E-state index in [1.807, 2.05) is 0 Å². The van der Waals surface area contributed by atoms with Crippen LogP contribution in [0, 0.1) is 5.92 Å². The van der Waals surface area contributed by atoms with Crippen LogP contribution in [0.2, 0.25) is 0 Å². The number of aliphatic hydroxyl groups excluding tert-OH is 2. The minimum atomic E-state index is -1.92. The molecule has 6 aromatic rings. The maximum Gasteiger partial charge on any atom is 0.245 e. The fraction of sp³-hybridized carbons (Fsp3) is 0.451. The van der Waals surface area contributed by atoms with Gasteiger partial charge in [-0.15, -0.1) is 0 Å². The number of phenolic OH excluding ortho intramolecular Hbond substituents is 1. The topological polar surface area (TPSA) is 655 Å². The van der Waals surface area contributed by atoms with Gasteiger partial charge in [-0.25, -0.2) is 0 Å². The molecular weight excluding hydrogens is 1650 g/mol. The molecule has 0 aliphatic carbocycles. The second-order valence-corrected chi connectivity index (χ2v) is 30.8. The summed E-state index contributed by atoms with van der Waals surface area (Å²) in [5.41, 5.74) is 24.9. The van der Waals surface area contributed by atoms with Gasteiger partial charge in [0.15, 0.2) is 0 Å². The van der Waals surface area contributed by atoms with Gasteiger partial charge in [0.2, 0.25) is 100 Å². The number of unbranched alkanes of at least 4 members (excludes halogenated alkanes) is 1. The van der Waals surface area contributed by atoms with E-state index < -0.39 is 235 Å². The van der Waals surface area contributed by atoms with Crippen molar-refractivity contribution < 1.29 is 96.8 Å².